The fourth-order valence-corrected chi connectivity index (χ4v) is 4.84. The zero-order valence-corrected chi connectivity index (χ0v) is 23.2. The summed E-state index contributed by atoms with van der Waals surface area (Å²) in [5.74, 6) is -0.760. The van der Waals surface area contributed by atoms with Crippen LogP contribution in [0.4, 0.5) is 18.9 Å². The predicted octanol–water partition coefficient (Wildman–Crippen LogP) is 6.18. The van der Waals surface area contributed by atoms with Gasteiger partial charge in [-0.2, -0.15) is 13.2 Å². The zero-order chi connectivity index (χ0) is 29.0. The molecule has 0 atom stereocenters. The van der Waals surface area contributed by atoms with Gasteiger partial charge >= 0.3 is 6.18 Å². The first-order valence-corrected chi connectivity index (χ1v) is 13.4. The highest BCUT2D eigenvalue weighted by atomic mass is 32.2. The van der Waals surface area contributed by atoms with Gasteiger partial charge < -0.3 is 10.6 Å². The molecule has 0 fully saturated rings. The summed E-state index contributed by atoms with van der Waals surface area (Å²) in [5.41, 5.74) is 3.78. The van der Waals surface area contributed by atoms with Crippen LogP contribution in [0.5, 0.6) is 0 Å². The van der Waals surface area contributed by atoms with Crippen LogP contribution in [-0.2, 0) is 17.5 Å². The number of aromatic nitrogens is 3. The lowest BCUT2D eigenvalue weighted by molar-refractivity contribution is -0.138. The molecular formula is C29H28F3N5O2S. The molecule has 1 aromatic heterocycles. The normalized spacial score (nSPS) is 11.4. The van der Waals surface area contributed by atoms with E-state index < -0.39 is 23.2 Å². The quantitative estimate of drug-likeness (QED) is 0.248. The molecule has 2 N–H and O–H groups in total. The highest BCUT2D eigenvalue weighted by Crippen LogP contribution is 2.32. The minimum absolute atomic E-state index is 0.0433. The number of hydrogen-bond donors (Lipinski definition) is 2. The number of benzene rings is 3. The second-order valence-electron chi connectivity index (χ2n) is 9.41. The van der Waals surface area contributed by atoms with Gasteiger partial charge in [-0.05, 0) is 74.2 Å². The molecule has 0 aliphatic carbocycles. The van der Waals surface area contributed by atoms with Crippen LogP contribution in [0.1, 0.15) is 44.0 Å². The van der Waals surface area contributed by atoms with Gasteiger partial charge in [0, 0.05) is 5.69 Å². The Bertz CT molecular complexity index is 1570. The molecule has 7 nitrogen and oxygen atoms in total. The molecule has 0 saturated heterocycles. The fraction of sp³-hybridized carbons (Fsp3) is 0.241. The summed E-state index contributed by atoms with van der Waals surface area (Å²) in [6, 6.07) is 16.2. The number of thioether (sulfide) groups is 1. The summed E-state index contributed by atoms with van der Waals surface area (Å²) in [7, 11) is 0. The summed E-state index contributed by atoms with van der Waals surface area (Å²) < 4.78 is 42.0. The Balaban J connectivity index is 1.58. The van der Waals surface area contributed by atoms with Crippen LogP contribution in [-0.4, -0.2) is 32.3 Å². The third-order valence-electron chi connectivity index (χ3n) is 6.19. The Morgan fingerprint density at radius 3 is 2.30 bits per heavy atom. The number of hydrogen-bond acceptors (Lipinski definition) is 5. The second-order valence-corrected chi connectivity index (χ2v) is 10.3. The smallest absolute Gasteiger partial charge is 0.345 e. The molecule has 0 bridgehead atoms. The minimum Gasteiger partial charge on any atom is -0.345 e. The van der Waals surface area contributed by atoms with Crippen LogP contribution < -0.4 is 10.6 Å². The van der Waals surface area contributed by atoms with E-state index in [1.54, 1.807) is 4.57 Å². The molecule has 0 saturated carbocycles. The van der Waals surface area contributed by atoms with Crippen molar-refractivity contribution < 1.29 is 22.8 Å². The van der Waals surface area contributed by atoms with Crippen molar-refractivity contribution in [1.82, 2.24) is 20.1 Å². The molecule has 4 rings (SSSR count). The van der Waals surface area contributed by atoms with E-state index in [1.165, 1.54) is 23.9 Å². The Morgan fingerprint density at radius 2 is 1.57 bits per heavy atom. The van der Waals surface area contributed by atoms with E-state index in [-0.39, 0.29) is 18.2 Å². The number of carbonyl (C=O) groups is 2. The highest BCUT2D eigenvalue weighted by Gasteiger charge is 2.35. The molecule has 208 valence electrons. The SMILES string of the molecule is Cc1ccc(C)c(NC(=O)CSc2nnc(CNC(=O)c3ccccc3C(F)(F)F)n2-c2cc(C)ccc2C)c1. The molecule has 0 unspecified atom stereocenters. The van der Waals surface area contributed by atoms with E-state index in [0.29, 0.717) is 11.0 Å². The molecule has 0 aliphatic rings. The average Bonchev–Trinajstić information content (AvgIpc) is 3.31. The molecule has 0 aliphatic heterocycles. The molecule has 4 aromatic rings. The molecule has 1 heterocycles. The Labute approximate surface area is 234 Å². The van der Waals surface area contributed by atoms with Crippen LogP contribution in [0, 0.1) is 27.7 Å². The summed E-state index contributed by atoms with van der Waals surface area (Å²) >= 11 is 1.17. The van der Waals surface area contributed by atoms with Gasteiger partial charge in [-0.15, -0.1) is 10.2 Å². The van der Waals surface area contributed by atoms with Gasteiger partial charge in [0.1, 0.15) is 0 Å². The number of rotatable bonds is 8. The van der Waals surface area contributed by atoms with Crippen molar-refractivity contribution in [2.45, 2.75) is 45.6 Å². The van der Waals surface area contributed by atoms with Crippen molar-refractivity contribution in [1.29, 1.82) is 0 Å². The topological polar surface area (TPSA) is 88.9 Å². The monoisotopic (exact) mass is 567 g/mol. The number of nitrogens with one attached hydrogen (secondary N) is 2. The van der Waals surface area contributed by atoms with Crippen molar-refractivity contribution in [2.75, 3.05) is 11.1 Å². The van der Waals surface area contributed by atoms with Gasteiger partial charge in [-0.1, -0.05) is 48.2 Å². The van der Waals surface area contributed by atoms with Crippen molar-refractivity contribution in [3.05, 3.63) is 99.9 Å². The largest absolute Gasteiger partial charge is 0.417 e. The van der Waals surface area contributed by atoms with Gasteiger partial charge in [0.2, 0.25) is 5.91 Å². The molecule has 0 spiro atoms. The van der Waals surface area contributed by atoms with E-state index in [1.807, 2.05) is 64.1 Å². The first kappa shape index (κ1) is 28.9. The van der Waals surface area contributed by atoms with Gasteiger partial charge in [0.25, 0.3) is 5.91 Å². The first-order chi connectivity index (χ1) is 18.9. The number of amides is 2. The van der Waals surface area contributed by atoms with Crippen LogP contribution in [0.25, 0.3) is 5.69 Å². The number of nitrogens with zero attached hydrogens (tertiary/aromatic N) is 3. The summed E-state index contributed by atoms with van der Waals surface area (Å²) in [6.45, 7) is 7.50. The van der Waals surface area contributed by atoms with Crippen molar-refractivity contribution in [2.24, 2.45) is 0 Å². The van der Waals surface area contributed by atoms with Crippen molar-refractivity contribution in [3.63, 3.8) is 0 Å². The molecule has 11 heteroatoms. The summed E-state index contributed by atoms with van der Waals surface area (Å²) in [4.78, 5) is 25.5. The standard InChI is InChI=1S/C29H28F3N5O2S/c1-17-9-11-19(3)23(13-17)34-26(38)16-40-28-36-35-25(37(28)24-14-18(2)10-12-20(24)4)15-33-27(39)21-7-5-6-8-22(21)29(30,31)32/h5-14H,15-16H2,1-4H3,(H,33,39)(H,34,38). The lowest BCUT2D eigenvalue weighted by Gasteiger charge is -2.15. The van der Waals surface area contributed by atoms with E-state index in [0.717, 1.165) is 45.8 Å². The lowest BCUT2D eigenvalue weighted by Crippen LogP contribution is -2.27. The van der Waals surface area contributed by atoms with Crippen molar-refractivity contribution >= 4 is 29.3 Å². The minimum atomic E-state index is -4.67. The maximum atomic E-state index is 13.4. The molecular weight excluding hydrogens is 539 g/mol. The maximum absolute atomic E-state index is 13.4. The molecule has 2 amide bonds. The maximum Gasteiger partial charge on any atom is 0.417 e. The van der Waals surface area contributed by atoms with Crippen LogP contribution >= 0.6 is 11.8 Å². The number of halogens is 3. The average molecular weight is 568 g/mol. The predicted molar refractivity (Wildman–Crippen MR) is 149 cm³/mol. The van der Waals surface area contributed by atoms with Crippen LogP contribution in [0.3, 0.4) is 0 Å². The zero-order valence-electron chi connectivity index (χ0n) is 22.4. The number of anilines is 1. The lowest BCUT2D eigenvalue weighted by atomic mass is 10.1. The Kier molecular flexibility index (Phi) is 8.63. The van der Waals surface area contributed by atoms with Crippen LogP contribution in [0.15, 0.2) is 65.8 Å². The molecule has 3 aromatic carbocycles. The number of aryl methyl sites for hydroxylation is 4. The van der Waals surface area contributed by atoms with E-state index >= 15 is 0 Å². The fourth-order valence-electron chi connectivity index (χ4n) is 4.08. The Morgan fingerprint density at radius 1 is 0.900 bits per heavy atom. The van der Waals surface area contributed by atoms with E-state index in [4.69, 9.17) is 0 Å². The van der Waals surface area contributed by atoms with Gasteiger partial charge in [-0.25, -0.2) is 0 Å². The van der Waals surface area contributed by atoms with Gasteiger partial charge in [-0.3, -0.25) is 14.2 Å². The third kappa shape index (κ3) is 6.71. The van der Waals surface area contributed by atoms with Crippen LogP contribution in [0.2, 0.25) is 0 Å². The number of alkyl halides is 3. The van der Waals surface area contributed by atoms with E-state index in [9.17, 15) is 22.8 Å². The molecule has 40 heavy (non-hydrogen) atoms. The highest BCUT2D eigenvalue weighted by molar-refractivity contribution is 7.99. The van der Waals surface area contributed by atoms with Crippen molar-refractivity contribution in [3.8, 4) is 5.69 Å². The second kappa shape index (κ2) is 12.0. The van der Waals surface area contributed by atoms with Gasteiger partial charge in [0.15, 0.2) is 11.0 Å². The Hall–Kier alpha value is -4.12. The summed E-state index contributed by atoms with van der Waals surface area (Å²) in [6.07, 6.45) is -4.67. The third-order valence-corrected chi connectivity index (χ3v) is 7.12. The molecule has 0 radical (unpaired) electrons. The summed E-state index contributed by atoms with van der Waals surface area (Å²) in [5, 5.41) is 14.3. The number of carbonyl (C=O) groups excluding carboxylic acids is 2. The first-order valence-electron chi connectivity index (χ1n) is 12.4. The van der Waals surface area contributed by atoms with E-state index in [2.05, 4.69) is 20.8 Å². The van der Waals surface area contributed by atoms with Gasteiger partial charge in [0.05, 0.1) is 29.1 Å².